The van der Waals surface area contributed by atoms with Gasteiger partial charge in [0, 0.05) is 12.0 Å². The smallest absolute Gasteiger partial charge is 0.195 e. The van der Waals surface area contributed by atoms with Gasteiger partial charge < -0.3 is 4.57 Å². The third-order valence-corrected chi connectivity index (χ3v) is 3.22. The van der Waals surface area contributed by atoms with Gasteiger partial charge in [-0.25, -0.2) is 0 Å². The Labute approximate surface area is 92.8 Å². The molecule has 1 saturated carbocycles. The van der Waals surface area contributed by atoms with E-state index in [9.17, 15) is 0 Å². The van der Waals surface area contributed by atoms with E-state index < -0.39 is 0 Å². The number of benzene rings is 1. The molecular formula is C11H11N3S. The number of hydrogen-bond acceptors (Lipinski definition) is 2. The second-order valence-corrected chi connectivity index (χ2v) is 4.28. The molecule has 0 radical (unpaired) electrons. The van der Waals surface area contributed by atoms with Crippen LogP contribution in [0.15, 0.2) is 36.7 Å². The van der Waals surface area contributed by atoms with E-state index in [4.69, 9.17) is 12.2 Å². The van der Waals surface area contributed by atoms with Crippen molar-refractivity contribution in [2.75, 3.05) is 0 Å². The third-order valence-electron chi connectivity index (χ3n) is 2.92. The summed E-state index contributed by atoms with van der Waals surface area (Å²) in [6, 6.07) is 11.1. The summed E-state index contributed by atoms with van der Waals surface area (Å²) in [4.78, 5) is 0. The molecule has 1 aliphatic carbocycles. The largest absolute Gasteiger partial charge is 0.303 e. The Morgan fingerprint density at radius 1 is 1.33 bits per heavy atom. The number of aromatic nitrogens is 3. The molecule has 2 aromatic rings. The number of hydrogen-bond donors (Lipinski definition) is 1. The molecule has 4 heteroatoms. The molecule has 0 saturated heterocycles. The van der Waals surface area contributed by atoms with Crippen molar-refractivity contribution in [2.24, 2.45) is 0 Å². The Bertz CT molecular complexity index is 514. The van der Waals surface area contributed by atoms with Gasteiger partial charge in [-0.05, 0) is 24.2 Å². The van der Waals surface area contributed by atoms with Crippen LogP contribution in [0.2, 0.25) is 0 Å². The average Bonchev–Trinajstić information content (AvgIpc) is 2.96. The van der Waals surface area contributed by atoms with Crippen LogP contribution < -0.4 is 0 Å². The van der Waals surface area contributed by atoms with Crippen LogP contribution in [0.25, 0.3) is 0 Å². The minimum absolute atomic E-state index is 0.499. The lowest BCUT2D eigenvalue weighted by Crippen LogP contribution is -1.94. The third kappa shape index (κ3) is 1.51. The Balaban J connectivity index is 1.86. The molecule has 1 aromatic heterocycles. The van der Waals surface area contributed by atoms with E-state index >= 15 is 0 Å². The first-order chi connectivity index (χ1) is 7.36. The van der Waals surface area contributed by atoms with Crippen LogP contribution in [0.3, 0.4) is 0 Å². The SMILES string of the molecule is S=c1[nH]ncn1C1CC1c1ccccc1. The standard InChI is InChI=1S/C11H11N3S/c15-11-13-12-7-14(11)10-6-9(10)8-4-2-1-3-5-8/h1-5,7,9-10H,6H2,(H,13,15). The van der Waals surface area contributed by atoms with Crippen LogP contribution >= 0.6 is 12.2 Å². The van der Waals surface area contributed by atoms with Crippen molar-refractivity contribution in [3.63, 3.8) is 0 Å². The second-order valence-electron chi connectivity index (χ2n) is 3.89. The summed E-state index contributed by atoms with van der Waals surface area (Å²) in [5.41, 5.74) is 1.39. The summed E-state index contributed by atoms with van der Waals surface area (Å²) < 4.78 is 2.77. The summed E-state index contributed by atoms with van der Waals surface area (Å²) in [6.45, 7) is 0. The maximum absolute atomic E-state index is 5.15. The molecule has 0 amide bonds. The Morgan fingerprint density at radius 3 is 2.80 bits per heavy atom. The fraction of sp³-hybridized carbons (Fsp3) is 0.273. The molecule has 0 bridgehead atoms. The number of rotatable bonds is 2. The first kappa shape index (κ1) is 8.85. The summed E-state index contributed by atoms with van der Waals surface area (Å²) in [7, 11) is 0. The molecule has 76 valence electrons. The summed E-state index contributed by atoms with van der Waals surface area (Å²) in [5, 5.41) is 6.73. The van der Waals surface area contributed by atoms with Crippen molar-refractivity contribution in [1.82, 2.24) is 14.8 Å². The van der Waals surface area contributed by atoms with Crippen LogP contribution in [0.1, 0.15) is 23.9 Å². The summed E-state index contributed by atoms with van der Waals surface area (Å²) >= 11 is 5.15. The van der Waals surface area contributed by atoms with Gasteiger partial charge in [-0.3, -0.25) is 5.10 Å². The zero-order valence-electron chi connectivity index (χ0n) is 8.13. The predicted octanol–water partition coefficient (Wildman–Crippen LogP) is 2.67. The van der Waals surface area contributed by atoms with E-state index in [1.807, 2.05) is 10.6 Å². The highest BCUT2D eigenvalue weighted by molar-refractivity contribution is 7.71. The van der Waals surface area contributed by atoms with E-state index in [0.717, 1.165) is 11.2 Å². The van der Waals surface area contributed by atoms with Crippen molar-refractivity contribution in [1.29, 1.82) is 0 Å². The van der Waals surface area contributed by atoms with Crippen molar-refractivity contribution in [3.05, 3.63) is 47.0 Å². The lowest BCUT2D eigenvalue weighted by Gasteiger charge is -2.00. The maximum Gasteiger partial charge on any atom is 0.195 e. The molecule has 2 atom stereocenters. The monoisotopic (exact) mass is 217 g/mol. The minimum atomic E-state index is 0.499. The van der Waals surface area contributed by atoms with Gasteiger partial charge >= 0.3 is 0 Å². The molecule has 3 rings (SSSR count). The zero-order valence-corrected chi connectivity index (χ0v) is 8.95. The highest BCUT2D eigenvalue weighted by Crippen LogP contribution is 2.51. The van der Waals surface area contributed by atoms with E-state index in [1.54, 1.807) is 6.33 Å². The molecule has 15 heavy (non-hydrogen) atoms. The fourth-order valence-electron chi connectivity index (χ4n) is 2.04. The van der Waals surface area contributed by atoms with Crippen LogP contribution in [0.5, 0.6) is 0 Å². The van der Waals surface area contributed by atoms with Gasteiger partial charge in [-0.15, -0.1) is 0 Å². The Morgan fingerprint density at radius 2 is 2.13 bits per heavy atom. The molecule has 2 unspecified atom stereocenters. The highest BCUT2D eigenvalue weighted by Gasteiger charge is 2.40. The topological polar surface area (TPSA) is 33.6 Å². The summed E-state index contributed by atoms with van der Waals surface area (Å²) in [6.07, 6.45) is 2.95. The number of nitrogens with one attached hydrogen (secondary N) is 1. The van der Waals surface area contributed by atoms with E-state index in [0.29, 0.717) is 12.0 Å². The van der Waals surface area contributed by atoms with Crippen molar-refractivity contribution < 1.29 is 0 Å². The van der Waals surface area contributed by atoms with Crippen LogP contribution in [-0.2, 0) is 0 Å². The molecule has 1 fully saturated rings. The van der Waals surface area contributed by atoms with Crippen LogP contribution in [0, 0.1) is 4.77 Å². The molecule has 3 nitrogen and oxygen atoms in total. The van der Waals surface area contributed by atoms with E-state index in [2.05, 4.69) is 34.5 Å². The van der Waals surface area contributed by atoms with Crippen LogP contribution in [0.4, 0.5) is 0 Å². The molecule has 0 aliphatic heterocycles. The van der Waals surface area contributed by atoms with Gasteiger partial charge in [0.1, 0.15) is 6.33 Å². The predicted molar refractivity (Wildman–Crippen MR) is 60.2 cm³/mol. The van der Waals surface area contributed by atoms with Crippen molar-refractivity contribution in [2.45, 2.75) is 18.4 Å². The minimum Gasteiger partial charge on any atom is -0.303 e. The number of H-pyrrole nitrogens is 1. The quantitative estimate of drug-likeness (QED) is 0.785. The van der Waals surface area contributed by atoms with Crippen molar-refractivity contribution >= 4 is 12.2 Å². The van der Waals surface area contributed by atoms with Gasteiger partial charge in [0.05, 0.1) is 0 Å². The maximum atomic E-state index is 5.15. The first-order valence-electron chi connectivity index (χ1n) is 5.03. The number of nitrogens with zero attached hydrogens (tertiary/aromatic N) is 2. The Kier molecular flexibility index (Phi) is 1.95. The average molecular weight is 217 g/mol. The van der Waals surface area contributed by atoms with Gasteiger partial charge in [-0.2, -0.15) is 5.10 Å². The molecule has 1 aromatic carbocycles. The van der Waals surface area contributed by atoms with Crippen molar-refractivity contribution in [3.8, 4) is 0 Å². The lowest BCUT2D eigenvalue weighted by atomic mass is 10.1. The summed E-state index contributed by atoms with van der Waals surface area (Å²) in [5.74, 6) is 0.607. The molecule has 0 spiro atoms. The van der Waals surface area contributed by atoms with Gasteiger partial charge in [0.2, 0.25) is 0 Å². The molecule has 1 heterocycles. The zero-order chi connectivity index (χ0) is 10.3. The van der Waals surface area contributed by atoms with Gasteiger partial charge in [-0.1, -0.05) is 30.3 Å². The molecule has 1 aliphatic rings. The van der Waals surface area contributed by atoms with Crippen LogP contribution in [-0.4, -0.2) is 14.8 Å². The highest BCUT2D eigenvalue weighted by atomic mass is 32.1. The molecular weight excluding hydrogens is 206 g/mol. The van der Waals surface area contributed by atoms with E-state index in [-0.39, 0.29) is 0 Å². The number of aromatic amines is 1. The second kappa shape index (κ2) is 3.31. The fourth-order valence-corrected chi connectivity index (χ4v) is 2.28. The first-order valence-corrected chi connectivity index (χ1v) is 5.43. The van der Waals surface area contributed by atoms with E-state index in [1.165, 1.54) is 5.56 Å². The molecule has 1 N–H and O–H groups in total. The van der Waals surface area contributed by atoms with Gasteiger partial charge in [0.15, 0.2) is 4.77 Å². The lowest BCUT2D eigenvalue weighted by molar-refractivity contribution is 0.704. The normalized spacial score (nSPS) is 24.0. The van der Waals surface area contributed by atoms with Gasteiger partial charge in [0.25, 0.3) is 0 Å². The Hall–Kier alpha value is -1.42.